The Kier molecular flexibility index (Phi) is 2.31. The molecule has 5 heteroatoms. The molecule has 20 heavy (non-hydrogen) atoms. The number of para-hydroxylation sites is 2. The minimum atomic E-state index is 0.740. The summed E-state index contributed by atoms with van der Waals surface area (Å²) in [6.07, 6.45) is 1.81. The fraction of sp³-hybridized carbons (Fsp3) is 0.0667. The highest BCUT2D eigenvalue weighted by atomic mass is 32.1. The van der Waals surface area contributed by atoms with Crippen LogP contribution in [-0.4, -0.2) is 14.5 Å². The van der Waals surface area contributed by atoms with Crippen LogP contribution in [0.25, 0.3) is 26.9 Å². The van der Waals surface area contributed by atoms with Gasteiger partial charge in [-0.1, -0.05) is 12.1 Å². The number of rotatable bonds is 1. The minimum Gasteiger partial charge on any atom is -0.397 e. The van der Waals surface area contributed by atoms with E-state index >= 15 is 0 Å². The van der Waals surface area contributed by atoms with E-state index in [0.717, 1.165) is 37.6 Å². The molecule has 2 aromatic carbocycles. The summed E-state index contributed by atoms with van der Waals surface area (Å²) >= 11 is 1.66. The Balaban J connectivity index is 2.03. The number of aromatic nitrogens is 3. The lowest BCUT2D eigenvalue weighted by Gasteiger charge is -2.07. The maximum Gasteiger partial charge on any atom is 0.100 e. The molecule has 0 amide bonds. The Hall–Kier alpha value is -2.40. The highest BCUT2D eigenvalue weighted by molar-refractivity contribution is 7.18. The second-order valence-electron chi connectivity index (χ2n) is 4.71. The number of hydrogen-bond donors (Lipinski definition) is 1. The fourth-order valence-corrected chi connectivity index (χ4v) is 3.31. The highest BCUT2D eigenvalue weighted by Crippen LogP contribution is 2.30. The molecule has 0 atom stereocenters. The quantitative estimate of drug-likeness (QED) is 0.543. The Morgan fingerprint density at radius 2 is 2.00 bits per heavy atom. The molecule has 0 spiro atoms. The zero-order chi connectivity index (χ0) is 13.7. The van der Waals surface area contributed by atoms with Crippen molar-refractivity contribution in [3.63, 3.8) is 0 Å². The first-order chi connectivity index (χ1) is 9.72. The summed E-state index contributed by atoms with van der Waals surface area (Å²) in [6, 6.07) is 12.0. The van der Waals surface area contributed by atoms with Crippen LogP contribution in [-0.2, 0) is 0 Å². The van der Waals surface area contributed by atoms with Gasteiger partial charge in [-0.3, -0.25) is 4.57 Å². The molecule has 0 unspecified atom stereocenters. The van der Waals surface area contributed by atoms with Gasteiger partial charge in [-0.05, 0) is 31.2 Å². The molecule has 2 aromatic heterocycles. The van der Waals surface area contributed by atoms with Gasteiger partial charge in [-0.25, -0.2) is 9.97 Å². The van der Waals surface area contributed by atoms with Crippen LogP contribution < -0.4 is 5.73 Å². The standard InChI is InChI=1S/C15H12N4S/c1-9-18-12-7-14(10(16)6-15(12)20-9)19-8-17-11-4-2-3-5-13(11)19/h2-8H,16H2,1H3. The van der Waals surface area contributed by atoms with Crippen LogP contribution in [0.4, 0.5) is 5.69 Å². The summed E-state index contributed by atoms with van der Waals surface area (Å²) in [7, 11) is 0. The van der Waals surface area contributed by atoms with E-state index in [1.165, 1.54) is 0 Å². The molecular weight excluding hydrogens is 268 g/mol. The molecule has 0 radical (unpaired) electrons. The third-order valence-electron chi connectivity index (χ3n) is 3.36. The van der Waals surface area contributed by atoms with Gasteiger partial charge in [0.2, 0.25) is 0 Å². The number of thiazole rings is 1. The number of nitrogens with zero attached hydrogens (tertiary/aromatic N) is 3. The van der Waals surface area contributed by atoms with Crippen LogP contribution in [0, 0.1) is 6.92 Å². The lowest BCUT2D eigenvalue weighted by Crippen LogP contribution is -1.98. The number of hydrogen-bond acceptors (Lipinski definition) is 4. The third kappa shape index (κ3) is 1.60. The van der Waals surface area contributed by atoms with Crippen molar-refractivity contribution < 1.29 is 0 Å². The van der Waals surface area contributed by atoms with E-state index in [9.17, 15) is 0 Å². The van der Waals surface area contributed by atoms with Crippen LogP contribution in [0.2, 0.25) is 0 Å². The average Bonchev–Trinajstić information content (AvgIpc) is 3.00. The molecule has 0 aliphatic rings. The SMILES string of the molecule is Cc1nc2cc(-n3cnc4ccccc43)c(N)cc2s1. The van der Waals surface area contributed by atoms with Crippen molar-refractivity contribution in [1.29, 1.82) is 0 Å². The minimum absolute atomic E-state index is 0.740. The number of anilines is 1. The molecule has 4 aromatic rings. The first-order valence-corrected chi connectivity index (χ1v) is 7.13. The first-order valence-electron chi connectivity index (χ1n) is 6.31. The van der Waals surface area contributed by atoms with E-state index in [4.69, 9.17) is 5.73 Å². The monoisotopic (exact) mass is 280 g/mol. The van der Waals surface area contributed by atoms with Crippen molar-refractivity contribution in [2.75, 3.05) is 5.73 Å². The summed E-state index contributed by atoms with van der Waals surface area (Å²) in [5.74, 6) is 0. The van der Waals surface area contributed by atoms with Crippen molar-refractivity contribution in [2.45, 2.75) is 6.92 Å². The van der Waals surface area contributed by atoms with Gasteiger partial charge in [-0.15, -0.1) is 11.3 Å². The van der Waals surface area contributed by atoms with Gasteiger partial charge in [0.15, 0.2) is 0 Å². The second-order valence-corrected chi connectivity index (χ2v) is 5.95. The van der Waals surface area contributed by atoms with Gasteiger partial charge in [0.1, 0.15) is 6.33 Å². The fourth-order valence-electron chi connectivity index (χ4n) is 2.45. The molecule has 0 aliphatic heterocycles. The van der Waals surface area contributed by atoms with Crippen molar-refractivity contribution in [2.24, 2.45) is 0 Å². The smallest absolute Gasteiger partial charge is 0.100 e. The van der Waals surface area contributed by atoms with Gasteiger partial charge < -0.3 is 5.73 Å². The highest BCUT2D eigenvalue weighted by Gasteiger charge is 2.10. The molecule has 0 aliphatic carbocycles. The lowest BCUT2D eigenvalue weighted by molar-refractivity contribution is 1.10. The Morgan fingerprint density at radius 3 is 2.90 bits per heavy atom. The summed E-state index contributed by atoms with van der Waals surface area (Å²) in [4.78, 5) is 8.95. The molecule has 0 fully saturated rings. The Morgan fingerprint density at radius 1 is 1.15 bits per heavy atom. The van der Waals surface area contributed by atoms with Crippen molar-refractivity contribution in [3.8, 4) is 5.69 Å². The number of benzene rings is 2. The number of nitrogen functional groups attached to an aromatic ring is 1. The van der Waals surface area contributed by atoms with E-state index in [-0.39, 0.29) is 0 Å². The zero-order valence-corrected chi connectivity index (χ0v) is 11.7. The Bertz CT molecular complexity index is 936. The molecule has 2 heterocycles. The van der Waals surface area contributed by atoms with Gasteiger partial charge in [0.05, 0.1) is 37.6 Å². The first kappa shape index (κ1) is 11.4. The largest absolute Gasteiger partial charge is 0.397 e. The molecule has 2 N–H and O–H groups in total. The van der Waals surface area contributed by atoms with Crippen molar-refractivity contribution in [1.82, 2.24) is 14.5 Å². The molecule has 0 saturated heterocycles. The second kappa shape index (κ2) is 4.05. The molecule has 4 rings (SSSR count). The van der Waals surface area contributed by atoms with Crippen molar-refractivity contribution >= 4 is 38.3 Å². The molecule has 0 bridgehead atoms. The molecular formula is C15H12N4S. The van der Waals surface area contributed by atoms with Crippen LogP contribution in [0.1, 0.15) is 5.01 Å². The maximum absolute atomic E-state index is 6.21. The topological polar surface area (TPSA) is 56.7 Å². The summed E-state index contributed by atoms with van der Waals surface area (Å²) in [6.45, 7) is 2.01. The predicted octanol–water partition coefficient (Wildman–Crippen LogP) is 3.53. The van der Waals surface area contributed by atoms with E-state index in [0.29, 0.717) is 0 Å². The van der Waals surface area contributed by atoms with Crippen LogP contribution in [0.5, 0.6) is 0 Å². The van der Waals surface area contributed by atoms with Crippen LogP contribution in [0.15, 0.2) is 42.7 Å². The number of imidazole rings is 1. The lowest BCUT2D eigenvalue weighted by atomic mass is 10.2. The summed E-state index contributed by atoms with van der Waals surface area (Å²) in [5, 5.41) is 1.05. The van der Waals surface area contributed by atoms with E-state index < -0.39 is 0 Å². The zero-order valence-electron chi connectivity index (χ0n) is 10.9. The van der Waals surface area contributed by atoms with E-state index in [1.807, 2.05) is 47.9 Å². The Labute approximate surface area is 119 Å². The van der Waals surface area contributed by atoms with Crippen LogP contribution in [0.3, 0.4) is 0 Å². The molecule has 4 nitrogen and oxygen atoms in total. The normalized spacial score (nSPS) is 11.4. The van der Waals surface area contributed by atoms with Crippen LogP contribution >= 0.6 is 11.3 Å². The number of fused-ring (bicyclic) bond motifs is 2. The van der Waals surface area contributed by atoms with Gasteiger partial charge in [-0.2, -0.15) is 0 Å². The predicted molar refractivity (Wildman–Crippen MR) is 83.4 cm³/mol. The van der Waals surface area contributed by atoms with E-state index in [2.05, 4.69) is 9.97 Å². The average molecular weight is 280 g/mol. The maximum atomic E-state index is 6.21. The van der Waals surface area contributed by atoms with Crippen molar-refractivity contribution in [3.05, 3.63) is 47.7 Å². The summed E-state index contributed by atoms with van der Waals surface area (Å²) in [5.41, 5.74) is 10.9. The third-order valence-corrected chi connectivity index (χ3v) is 4.29. The number of aryl methyl sites for hydroxylation is 1. The number of nitrogens with two attached hydrogens (primary N) is 1. The summed E-state index contributed by atoms with van der Waals surface area (Å²) < 4.78 is 3.13. The van der Waals surface area contributed by atoms with Gasteiger partial charge in [0.25, 0.3) is 0 Å². The molecule has 0 saturated carbocycles. The van der Waals surface area contributed by atoms with Gasteiger partial charge >= 0.3 is 0 Å². The van der Waals surface area contributed by atoms with Gasteiger partial charge in [0, 0.05) is 0 Å². The van der Waals surface area contributed by atoms with E-state index in [1.54, 1.807) is 17.7 Å². The molecule has 98 valence electrons.